The molecule has 0 amide bonds. The lowest BCUT2D eigenvalue weighted by Crippen LogP contribution is -2.30. The van der Waals surface area contributed by atoms with Gasteiger partial charge in [-0.3, -0.25) is 14.4 Å². The fourth-order valence-corrected chi connectivity index (χ4v) is 10.0. The van der Waals surface area contributed by atoms with Gasteiger partial charge >= 0.3 is 17.9 Å². The minimum Gasteiger partial charge on any atom is -0.462 e. The zero-order valence-corrected chi connectivity index (χ0v) is 51.5. The van der Waals surface area contributed by atoms with Gasteiger partial charge in [0.2, 0.25) is 0 Å². The molecule has 77 heavy (non-hydrogen) atoms. The number of carbonyl (C=O) groups is 3. The Morgan fingerprint density at radius 1 is 0.273 bits per heavy atom. The average molecular weight is 1080 g/mol. The van der Waals surface area contributed by atoms with Crippen LogP contribution in [-0.2, 0) is 28.6 Å². The minimum atomic E-state index is -0.774. The van der Waals surface area contributed by atoms with Crippen LogP contribution in [-0.4, -0.2) is 37.2 Å². The molecule has 0 rings (SSSR count). The number of rotatable bonds is 62. The van der Waals surface area contributed by atoms with E-state index in [1.807, 2.05) is 0 Å². The Kier molecular flexibility index (Phi) is 63.2. The maximum absolute atomic E-state index is 12.9. The van der Waals surface area contributed by atoms with E-state index in [-0.39, 0.29) is 31.1 Å². The first kappa shape index (κ1) is 74.1. The molecule has 6 nitrogen and oxygen atoms in total. The molecule has 0 heterocycles. The van der Waals surface area contributed by atoms with Crippen molar-refractivity contribution < 1.29 is 28.6 Å². The van der Waals surface area contributed by atoms with Gasteiger partial charge in [0.25, 0.3) is 0 Å². The van der Waals surface area contributed by atoms with Gasteiger partial charge in [0.05, 0.1) is 0 Å². The van der Waals surface area contributed by atoms with Crippen LogP contribution in [0, 0.1) is 0 Å². The lowest BCUT2D eigenvalue weighted by atomic mass is 10.0. The second kappa shape index (κ2) is 65.6. The molecule has 0 fully saturated rings. The fourth-order valence-electron chi connectivity index (χ4n) is 10.0. The average Bonchev–Trinajstić information content (AvgIpc) is 3.43. The monoisotopic (exact) mass is 1080 g/mol. The Hall–Kier alpha value is -2.89. The predicted octanol–water partition coefficient (Wildman–Crippen LogP) is 23.1. The van der Waals surface area contributed by atoms with Crippen LogP contribution in [0.4, 0.5) is 0 Å². The van der Waals surface area contributed by atoms with Crippen LogP contribution in [0.5, 0.6) is 0 Å². The fraction of sp³-hybridized carbons (Fsp3) is 0.817. The molecule has 0 aliphatic carbocycles. The van der Waals surface area contributed by atoms with Crippen molar-refractivity contribution in [3.8, 4) is 0 Å². The molecule has 0 N–H and O–H groups in total. The predicted molar refractivity (Wildman–Crippen MR) is 335 cm³/mol. The zero-order valence-electron chi connectivity index (χ0n) is 51.5. The van der Waals surface area contributed by atoms with E-state index in [2.05, 4.69) is 81.5 Å². The van der Waals surface area contributed by atoms with E-state index in [9.17, 15) is 14.4 Å². The Morgan fingerprint density at radius 2 is 0.506 bits per heavy atom. The molecule has 0 aromatic carbocycles. The molecule has 0 spiro atoms. The highest BCUT2D eigenvalue weighted by atomic mass is 16.6. The highest BCUT2D eigenvalue weighted by Crippen LogP contribution is 2.18. The van der Waals surface area contributed by atoms with Crippen molar-refractivity contribution in [1.82, 2.24) is 0 Å². The molecule has 1 unspecified atom stereocenters. The first-order valence-electron chi connectivity index (χ1n) is 33.8. The molecule has 1 atom stereocenters. The van der Waals surface area contributed by atoms with Crippen molar-refractivity contribution in [2.45, 2.75) is 361 Å². The number of unbranched alkanes of at least 4 members (excludes halogenated alkanes) is 41. The van der Waals surface area contributed by atoms with E-state index >= 15 is 0 Å². The summed E-state index contributed by atoms with van der Waals surface area (Å²) in [6.07, 6.45) is 83.7. The van der Waals surface area contributed by atoms with E-state index in [0.29, 0.717) is 19.3 Å². The van der Waals surface area contributed by atoms with Crippen LogP contribution in [0.15, 0.2) is 60.8 Å². The third-order valence-electron chi connectivity index (χ3n) is 15.0. The van der Waals surface area contributed by atoms with Gasteiger partial charge < -0.3 is 14.2 Å². The number of allylic oxidation sites excluding steroid dienone is 10. The normalized spacial score (nSPS) is 12.4. The standard InChI is InChI=1S/C71H128O6/c1-4-7-10-13-16-19-22-25-28-31-33-34-35-36-37-38-39-41-43-46-49-52-55-58-61-64-70(73)76-67-68(66-75-69(72)63-60-57-54-51-48-45-42-30-27-24-21-18-15-12-9-6-3)77-71(74)65-62-59-56-53-50-47-44-40-32-29-26-23-20-17-14-11-8-5-2/h7,10,16,19,25,28,33-34,36-37,68H,4-6,8-9,11-15,17-18,20-24,26-27,29-32,35,38-67H2,1-3H3/b10-7-,19-16-,28-25-,34-33-,37-36-. The van der Waals surface area contributed by atoms with E-state index in [1.54, 1.807) is 0 Å². The highest BCUT2D eigenvalue weighted by molar-refractivity contribution is 5.71. The Morgan fingerprint density at radius 3 is 0.792 bits per heavy atom. The summed E-state index contributed by atoms with van der Waals surface area (Å²) in [7, 11) is 0. The summed E-state index contributed by atoms with van der Waals surface area (Å²) >= 11 is 0. The number of ether oxygens (including phenoxy) is 3. The van der Waals surface area contributed by atoms with Crippen LogP contribution in [0.3, 0.4) is 0 Å². The maximum Gasteiger partial charge on any atom is 0.306 e. The summed E-state index contributed by atoms with van der Waals surface area (Å²) < 4.78 is 17.0. The summed E-state index contributed by atoms with van der Waals surface area (Å²) in [4.78, 5) is 38.4. The molecule has 0 aliphatic heterocycles. The molecule has 6 heteroatoms. The van der Waals surface area contributed by atoms with Gasteiger partial charge in [0, 0.05) is 19.3 Å². The van der Waals surface area contributed by atoms with E-state index in [1.165, 1.54) is 218 Å². The Bertz CT molecular complexity index is 1380. The Balaban J connectivity index is 4.32. The second-order valence-electron chi connectivity index (χ2n) is 22.7. The molecule has 0 saturated heterocycles. The van der Waals surface area contributed by atoms with Gasteiger partial charge in [0.15, 0.2) is 6.10 Å². The topological polar surface area (TPSA) is 78.9 Å². The summed E-state index contributed by atoms with van der Waals surface area (Å²) in [5.74, 6) is -0.851. The van der Waals surface area contributed by atoms with Crippen LogP contribution < -0.4 is 0 Å². The molecular formula is C71H128O6. The molecule has 0 radical (unpaired) electrons. The van der Waals surface area contributed by atoms with Gasteiger partial charge in [-0.05, 0) is 64.2 Å². The molecule has 0 aromatic heterocycles. The first-order valence-corrected chi connectivity index (χ1v) is 33.8. The van der Waals surface area contributed by atoms with E-state index in [0.717, 1.165) is 96.3 Å². The first-order chi connectivity index (χ1) is 38.0. The largest absolute Gasteiger partial charge is 0.462 e. The molecule has 0 saturated carbocycles. The van der Waals surface area contributed by atoms with Gasteiger partial charge in [0.1, 0.15) is 13.2 Å². The molecule has 448 valence electrons. The SMILES string of the molecule is CC/C=C\C/C=C\C/C=C\C/C=C\C/C=C\CCCCCCCCCCCC(=O)OCC(COC(=O)CCCCCCCCCCCCCCCCCC)OC(=O)CCCCCCCCCCCCCCCCCCCC. The third kappa shape index (κ3) is 63.8. The smallest absolute Gasteiger partial charge is 0.306 e. The number of hydrogen-bond acceptors (Lipinski definition) is 6. The third-order valence-corrected chi connectivity index (χ3v) is 15.0. The highest BCUT2D eigenvalue weighted by Gasteiger charge is 2.19. The van der Waals surface area contributed by atoms with E-state index < -0.39 is 6.10 Å². The summed E-state index contributed by atoms with van der Waals surface area (Å²) in [5, 5.41) is 0. The molecular weight excluding hydrogens is 949 g/mol. The molecule has 0 aromatic rings. The van der Waals surface area contributed by atoms with Crippen molar-refractivity contribution in [3.05, 3.63) is 60.8 Å². The number of carbonyl (C=O) groups excluding carboxylic acids is 3. The lowest BCUT2D eigenvalue weighted by Gasteiger charge is -2.18. The van der Waals surface area contributed by atoms with Crippen molar-refractivity contribution in [3.63, 3.8) is 0 Å². The maximum atomic E-state index is 12.9. The van der Waals surface area contributed by atoms with Gasteiger partial charge in [-0.1, -0.05) is 332 Å². The zero-order chi connectivity index (χ0) is 55.7. The van der Waals surface area contributed by atoms with Gasteiger partial charge in [-0.2, -0.15) is 0 Å². The molecule has 0 aliphatic rings. The minimum absolute atomic E-state index is 0.0702. The second-order valence-corrected chi connectivity index (χ2v) is 22.7. The quantitative estimate of drug-likeness (QED) is 0.0261. The molecule has 0 bridgehead atoms. The van der Waals surface area contributed by atoms with Gasteiger partial charge in [-0.15, -0.1) is 0 Å². The summed E-state index contributed by atoms with van der Waals surface area (Å²) in [6, 6.07) is 0. The Labute approximate surface area is 479 Å². The van der Waals surface area contributed by atoms with Crippen LogP contribution >= 0.6 is 0 Å². The summed E-state index contributed by atoms with van der Waals surface area (Å²) in [6.45, 7) is 6.59. The summed E-state index contributed by atoms with van der Waals surface area (Å²) in [5.41, 5.74) is 0. The van der Waals surface area contributed by atoms with Crippen molar-refractivity contribution in [1.29, 1.82) is 0 Å². The van der Waals surface area contributed by atoms with Crippen LogP contribution in [0.1, 0.15) is 355 Å². The lowest BCUT2D eigenvalue weighted by molar-refractivity contribution is -0.167. The van der Waals surface area contributed by atoms with Gasteiger partial charge in [-0.25, -0.2) is 0 Å². The van der Waals surface area contributed by atoms with Crippen molar-refractivity contribution in [2.24, 2.45) is 0 Å². The van der Waals surface area contributed by atoms with Crippen LogP contribution in [0.2, 0.25) is 0 Å². The van der Waals surface area contributed by atoms with Crippen molar-refractivity contribution >= 4 is 17.9 Å². The van der Waals surface area contributed by atoms with E-state index in [4.69, 9.17) is 14.2 Å². The van der Waals surface area contributed by atoms with Crippen LogP contribution in [0.25, 0.3) is 0 Å². The van der Waals surface area contributed by atoms with Crippen molar-refractivity contribution in [2.75, 3.05) is 13.2 Å². The number of hydrogen-bond donors (Lipinski definition) is 0. The number of esters is 3.